The van der Waals surface area contributed by atoms with E-state index < -0.39 is 11.5 Å². The molecule has 1 rings (SSSR count). The highest BCUT2D eigenvalue weighted by Crippen LogP contribution is 2.43. The molecule has 2 atom stereocenters. The van der Waals surface area contributed by atoms with Gasteiger partial charge in [0.05, 0.1) is 14.3 Å². The predicted octanol–water partition coefficient (Wildman–Crippen LogP) is 3.82. The van der Waals surface area contributed by atoms with Crippen molar-refractivity contribution in [2.24, 2.45) is 5.18 Å². The highest BCUT2D eigenvalue weighted by molar-refractivity contribution is 8.05. The van der Waals surface area contributed by atoms with Crippen LogP contribution in [0.4, 0.5) is 0 Å². The van der Waals surface area contributed by atoms with Crippen LogP contribution in [0, 0.1) is 4.91 Å². The van der Waals surface area contributed by atoms with Crippen molar-refractivity contribution in [2.45, 2.75) is 12.5 Å². The van der Waals surface area contributed by atoms with Gasteiger partial charge in [-0.05, 0) is 29.0 Å². The zero-order valence-electron chi connectivity index (χ0n) is 9.66. The molecule has 2 unspecified atom stereocenters. The maximum atomic E-state index is 12.0. The molecule has 0 aliphatic heterocycles. The Hall–Kier alpha value is -0.970. The third kappa shape index (κ3) is 2.55. The van der Waals surface area contributed by atoms with E-state index in [1.807, 2.05) is 9.47 Å². The first-order valence-electron chi connectivity index (χ1n) is 4.91. The van der Waals surface area contributed by atoms with Gasteiger partial charge in [0.1, 0.15) is 0 Å². The van der Waals surface area contributed by atoms with E-state index in [0.29, 0.717) is 9.78 Å². The highest BCUT2D eigenvalue weighted by Gasteiger charge is 2.48. The topological polar surface area (TPSA) is 55.7 Å². The van der Waals surface area contributed by atoms with E-state index >= 15 is 0 Å². The smallest absolute Gasteiger partial charge is 0.350 e. The molecule has 0 aromatic carbocycles. The van der Waals surface area contributed by atoms with Crippen LogP contribution in [0.2, 0.25) is 0 Å². The fourth-order valence-corrected chi connectivity index (χ4v) is 3.29. The minimum atomic E-state index is -1.65. The van der Waals surface area contributed by atoms with Gasteiger partial charge in [0.25, 0.3) is 5.54 Å². The number of allylic oxidation sites excluding steroid dienone is 1. The number of rotatable bonds is 6. The third-order valence-corrected chi connectivity index (χ3v) is 4.39. The first-order valence-corrected chi connectivity index (χ1v) is 7.14. The largest absolute Gasteiger partial charge is 0.449 e. The fourth-order valence-electron chi connectivity index (χ4n) is 1.47. The van der Waals surface area contributed by atoms with E-state index in [-0.39, 0.29) is 0 Å². The monoisotopic (exact) mass is 301 g/mol. The standard InChI is InChI=1S/C11H12NO3PS2/c1-3-8(17-4-2)11(12-14,10(13)15-16)9-6-5-7-18-9/h3-7H,2,16H2,1H3/b8-3-. The van der Waals surface area contributed by atoms with Gasteiger partial charge >= 0.3 is 5.97 Å². The lowest BCUT2D eigenvalue weighted by atomic mass is 9.98. The van der Waals surface area contributed by atoms with E-state index in [2.05, 4.69) is 16.3 Å². The Balaban J connectivity index is 3.45. The highest BCUT2D eigenvalue weighted by atomic mass is 32.2. The Morgan fingerprint density at radius 3 is 2.83 bits per heavy atom. The summed E-state index contributed by atoms with van der Waals surface area (Å²) in [6, 6.07) is 3.43. The number of thioether (sulfide) groups is 1. The summed E-state index contributed by atoms with van der Waals surface area (Å²) in [4.78, 5) is 24.4. The van der Waals surface area contributed by atoms with Crippen molar-refractivity contribution in [1.29, 1.82) is 0 Å². The van der Waals surface area contributed by atoms with Crippen molar-refractivity contribution in [3.8, 4) is 0 Å². The summed E-state index contributed by atoms with van der Waals surface area (Å²) in [5.41, 5.74) is -1.65. The van der Waals surface area contributed by atoms with Gasteiger partial charge in [-0.15, -0.1) is 16.2 Å². The molecule has 4 nitrogen and oxygen atoms in total. The molecule has 0 saturated heterocycles. The van der Waals surface area contributed by atoms with Gasteiger partial charge < -0.3 is 4.52 Å². The Kier molecular flexibility index (Phi) is 5.72. The van der Waals surface area contributed by atoms with Crippen LogP contribution in [0.25, 0.3) is 0 Å². The van der Waals surface area contributed by atoms with E-state index in [1.165, 1.54) is 23.1 Å². The van der Waals surface area contributed by atoms with Crippen LogP contribution >= 0.6 is 32.6 Å². The lowest BCUT2D eigenvalue weighted by Gasteiger charge is -2.23. The molecular weight excluding hydrogens is 289 g/mol. The normalized spacial score (nSPS) is 14.7. The number of hydrogen-bond donors (Lipinski definition) is 0. The molecule has 7 heteroatoms. The van der Waals surface area contributed by atoms with Crippen LogP contribution in [0.1, 0.15) is 11.8 Å². The Morgan fingerprint density at radius 1 is 1.72 bits per heavy atom. The second kappa shape index (κ2) is 6.83. The van der Waals surface area contributed by atoms with Crippen LogP contribution in [0.15, 0.2) is 45.7 Å². The van der Waals surface area contributed by atoms with Crippen LogP contribution in [-0.2, 0) is 14.9 Å². The average molecular weight is 301 g/mol. The summed E-state index contributed by atoms with van der Waals surface area (Å²) in [6.45, 7) is 5.32. The van der Waals surface area contributed by atoms with Gasteiger partial charge in [0, 0.05) is 4.91 Å². The van der Waals surface area contributed by atoms with Crippen molar-refractivity contribution in [3.63, 3.8) is 0 Å². The van der Waals surface area contributed by atoms with Crippen molar-refractivity contribution in [2.75, 3.05) is 0 Å². The summed E-state index contributed by atoms with van der Waals surface area (Å²) in [7, 11) is 1.85. The lowest BCUT2D eigenvalue weighted by Crippen LogP contribution is -2.34. The molecule has 0 saturated carbocycles. The molecule has 1 aromatic heterocycles. The van der Waals surface area contributed by atoms with Crippen LogP contribution < -0.4 is 0 Å². The number of hydrogen-bond acceptors (Lipinski definition) is 6. The molecule has 0 N–H and O–H groups in total. The summed E-state index contributed by atoms with van der Waals surface area (Å²) in [5, 5.41) is 6.37. The third-order valence-electron chi connectivity index (χ3n) is 2.25. The van der Waals surface area contributed by atoms with Gasteiger partial charge in [-0.3, -0.25) is 0 Å². The van der Waals surface area contributed by atoms with Crippen molar-refractivity contribution in [1.82, 2.24) is 0 Å². The van der Waals surface area contributed by atoms with E-state index in [0.717, 1.165) is 0 Å². The van der Waals surface area contributed by atoms with Crippen LogP contribution in [0.3, 0.4) is 0 Å². The number of thiophene rings is 1. The average Bonchev–Trinajstić information content (AvgIpc) is 2.92. The summed E-state index contributed by atoms with van der Waals surface area (Å²) >= 11 is 2.45. The predicted molar refractivity (Wildman–Crippen MR) is 79.1 cm³/mol. The van der Waals surface area contributed by atoms with Gasteiger partial charge in [-0.1, -0.05) is 30.5 Å². The molecular formula is C11H12NO3PS2. The van der Waals surface area contributed by atoms with Gasteiger partial charge in [-0.2, -0.15) is 0 Å². The molecule has 0 spiro atoms. The van der Waals surface area contributed by atoms with Crippen LogP contribution in [-0.4, -0.2) is 5.97 Å². The first kappa shape index (κ1) is 15.1. The van der Waals surface area contributed by atoms with Crippen molar-refractivity contribution >= 4 is 38.5 Å². The molecule has 96 valence electrons. The Labute approximate surface area is 116 Å². The molecule has 0 bridgehead atoms. The molecule has 0 amide bonds. The molecule has 0 radical (unpaired) electrons. The molecule has 0 aliphatic rings. The van der Waals surface area contributed by atoms with Gasteiger partial charge in [-0.25, -0.2) is 4.79 Å². The molecule has 0 fully saturated rings. The fraction of sp³-hybridized carbons (Fsp3) is 0.182. The molecule has 0 aliphatic carbocycles. The van der Waals surface area contributed by atoms with E-state index in [1.54, 1.807) is 35.9 Å². The maximum absolute atomic E-state index is 12.0. The quantitative estimate of drug-likeness (QED) is 0.592. The maximum Gasteiger partial charge on any atom is 0.350 e. The van der Waals surface area contributed by atoms with Gasteiger partial charge in [0.15, 0.2) is 0 Å². The van der Waals surface area contributed by atoms with Crippen LogP contribution in [0.5, 0.6) is 0 Å². The number of carbonyl (C=O) groups excluding carboxylic acids is 1. The summed E-state index contributed by atoms with van der Waals surface area (Å²) < 4.78 is 4.66. The van der Waals surface area contributed by atoms with Crippen molar-refractivity contribution in [3.05, 3.63) is 50.3 Å². The second-order valence-electron chi connectivity index (χ2n) is 3.12. The SMILES string of the molecule is C=CS/C(=C\C)C(N=O)(C(=O)OP)c1cccs1. The second-order valence-corrected chi connectivity index (χ2v) is 5.31. The minimum Gasteiger partial charge on any atom is -0.449 e. The Bertz CT molecular complexity index is 473. The summed E-state index contributed by atoms with van der Waals surface area (Å²) in [5.74, 6) is -0.729. The number of nitrogens with zero attached hydrogens (tertiary/aromatic N) is 1. The zero-order valence-corrected chi connectivity index (χ0v) is 12.4. The minimum absolute atomic E-state index is 0.474. The van der Waals surface area contributed by atoms with Crippen molar-refractivity contribution < 1.29 is 9.32 Å². The lowest BCUT2D eigenvalue weighted by molar-refractivity contribution is -0.137. The number of nitroso groups, excluding NO2 is 1. The first-order chi connectivity index (χ1) is 8.67. The Morgan fingerprint density at radius 2 is 2.44 bits per heavy atom. The molecule has 1 heterocycles. The molecule has 18 heavy (non-hydrogen) atoms. The number of carbonyl (C=O) groups is 1. The van der Waals surface area contributed by atoms with E-state index in [4.69, 9.17) is 0 Å². The van der Waals surface area contributed by atoms with Gasteiger partial charge in [0.2, 0.25) is 0 Å². The zero-order chi connectivity index (χ0) is 13.6. The molecule has 1 aromatic rings. The summed E-state index contributed by atoms with van der Waals surface area (Å²) in [6.07, 6.45) is 1.66. The van der Waals surface area contributed by atoms with E-state index in [9.17, 15) is 9.70 Å².